The average Bonchev–Trinajstić information content (AvgIpc) is 3.28. The van der Waals surface area contributed by atoms with Crippen LogP contribution in [0.5, 0.6) is 11.5 Å². The van der Waals surface area contributed by atoms with E-state index in [9.17, 15) is 24.3 Å². The second-order valence-corrected chi connectivity index (χ2v) is 12.4. The van der Waals surface area contributed by atoms with E-state index in [0.29, 0.717) is 35.5 Å². The van der Waals surface area contributed by atoms with Crippen molar-refractivity contribution < 1.29 is 33.8 Å². The van der Waals surface area contributed by atoms with Gasteiger partial charge in [-0.3, -0.25) is 19.3 Å². The number of ether oxygens (including phenoxy) is 2. The maximum absolute atomic E-state index is 14.3. The summed E-state index contributed by atoms with van der Waals surface area (Å²) >= 11 is 0. The van der Waals surface area contributed by atoms with Crippen molar-refractivity contribution in [2.24, 2.45) is 5.92 Å². The first-order valence-electron chi connectivity index (χ1n) is 16.2. The number of nitrogens with one attached hydrogen (secondary N) is 1. The number of allylic oxidation sites excluding steroid dienone is 1. The van der Waals surface area contributed by atoms with E-state index >= 15 is 0 Å². The first kappa shape index (κ1) is 35.7. The second-order valence-electron chi connectivity index (χ2n) is 12.4. The minimum absolute atomic E-state index is 0.0400. The highest BCUT2D eigenvalue weighted by atomic mass is 16.5. The molecular weight excluding hydrogens is 608 g/mol. The number of carbonyl (C=O) groups is 4. The Morgan fingerprint density at radius 2 is 1.50 bits per heavy atom. The van der Waals surface area contributed by atoms with Gasteiger partial charge < -0.3 is 19.9 Å². The van der Waals surface area contributed by atoms with Gasteiger partial charge in [0.2, 0.25) is 5.91 Å². The van der Waals surface area contributed by atoms with Gasteiger partial charge in [-0.15, -0.1) is 0 Å². The third kappa shape index (κ3) is 9.21. The molecular formula is C39H44N2O7. The van der Waals surface area contributed by atoms with Crippen LogP contribution in [0.25, 0.3) is 5.57 Å². The number of nitrogens with zero attached hydrogens (tertiary/aromatic N) is 1. The minimum atomic E-state index is -1.25. The number of rotatable bonds is 15. The van der Waals surface area contributed by atoms with E-state index in [4.69, 9.17) is 9.47 Å². The van der Waals surface area contributed by atoms with Crippen LogP contribution in [0.15, 0.2) is 96.1 Å². The summed E-state index contributed by atoms with van der Waals surface area (Å²) in [6, 6.07) is 20.1. The van der Waals surface area contributed by atoms with E-state index in [0.717, 1.165) is 16.0 Å². The molecule has 1 aliphatic rings. The molecule has 3 aromatic rings. The molecule has 3 amide bonds. The van der Waals surface area contributed by atoms with Crippen molar-refractivity contribution in [3.05, 3.63) is 113 Å². The Labute approximate surface area is 282 Å². The molecule has 0 spiro atoms. The van der Waals surface area contributed by atoms with Crippen LogP contribution < -0.4 is 10.1 Å². The van der Waals surface area contributed by atoms with Crippen molar-refractivity contribution in [2.75, 3.05) is 13.2 Å². The normalized spacial score (nSPS) is 14.2. The number of hydrogen-bond donors (Lipinski definition) is 2. The molecule has 9 nitrogen and oxygen atoms in total. The number of benzene rings is 3. The van der Waals surface area contributed by atoms with E-state index in [-0.39, 0.29) is 36.7 Å². The van der Waals surface area contributed by atoms with E-state index < -0.39 is 35.8 Å². The molecule has 1 heterocycles. The van der Waals surface area contributed by atoms with Gasteiger partial charge in [0.1, 0.15) is 30.2 Å². The molecule has 0 radical (unpaired) electrons. The lowest BCUT2D eigenvalue weighted by atomic mass is 9.95. The fourth-order valence-electron chi connectivity index (χ4n) is 5.51. The van der Waals surface area contributed by atoms with Gasteiger partial charge in [0.15, 0.2) is 0 Å². The molecule has 0 aliphatic carbocycles. The van der Waals surface area contributed by atoms with E-state index in [1.807, 2.05) is 64.1 Å². The molecule has 3 aromatic carbocycles. The van der Waals surface area contributed by atoms with Gasteiger partial charge in [-0.2, -0.15) is 0 Å². The van der Waals surface area contributed by atoms with Gasteiger partial charge >= 0.3 is 5.97 Å². The number of hydrogen-bond acceptors (Lipinski definition) is 7. The van der Waals surface area contributed by atoms with Crippen molar-refractivity contribution >= 4 is 29.3 Å². The molecule has 48 heavy (non-hydrogen) atoms. The Morgan fingerprint density at radius 1 is 0.854 bits per heavy atom. The van der Waals surface area contributed by atoms with Crippen molar-refractivity contribution in [3.63, 3.8) is 0 Å². The maximum Gasteiger partial charge on any atom is 0.328 e. The summed E-state index contributed by atoms with van der Waals surface area (Å²) < 4.78 is 11.1. The molecule has 2 unspecified atom stereocenters. The predicted molar refractivity (Wildman–Crippen MR) is 184 cm³/mol. The van der Waals surface area contributed by atoms with Crippen LogP contribution in [0, 0.1) is 5.92 Å². The van der Waals surface area contributed by atoms with Gasteiger partial charge in [0, 0.05) is 18.4 Å². The summed E-state index contributed by atoms with van der Waals surface area (Å²) in [5.41, 5.74) is 3.69. The molecule has 0 aromatic heterocycles. The number of aromatic hydroxyl groups is 1. The first-order valence-corrected chi connectivity index (χ1v) is 16.2. The fraction of sp³-hybridized carbons (Fsp3) is 0.333. The Hall–Kier alpha value is -5.18. The summed E-state index contributed by atoms with van der Waals surface area (Å²) in [6.45, 7) is 10.1. The summed E-state index contributed by atoms with van der Waals surface area (Å²) in [6.07, 6.45) is 2.41. The SMILES string of the molecule is CCOC(=O)C(Cc1ccc(O)cc1)NC(=O)C(Cc1ccccc1)N1C(=O)C(CC(C)C)=C(c2ccc(OCC=C(C)C)cc2)C1=O. The summed E-state index contributed by atoms with van der Waals surface area (Å²) in [4.78, 5) is 56.9. The molecule has 2 atom stereocenters. The molecule has 252 valence electrons. The van der Waals surface area contributed by atoms with E-state index in [1.165, 1.54) is 12.1 Å². The standard InChI is InChI=1S/C39H44N2O7/c1-6-47-39(46)33(23-28-12-16-30(42)17-13-28)40-36(43)34(24-27-10-8-7-9-11-27)41-37(44)32(22-26(4)5)35(38(41)45)29-14-18-31(19-15-29)48-21-20-25(2)3/h7-20,26,33-34,42H,6,21-24H2,1-5H3,(H,40,43). The van der Waals surface area contributed by atoms with Crippen molar-refractivity contribution in [2.45, 2.75) is 66.0 Å². The molecule has 0 fully saturated rings. The number of carbonyl (C=O) groups excluding carboxylic acids is 4. The van der Waals surface area contributed by atoms with Gasteiger partial charge in [0.05, 0.1) is 12.2 Å². The second kappa shape index (κ2) is 16.6. The van der Waals surface area contributed by atoms with Crippen LogP contribution >= 0.6 is 0 Å². The minimum Gasteiger partial charge on any atom is -0.508 e. The zero-order valence-electron chi connectivity index (χ0n) is 28.2. The van der Waals surface area contributed by atoms with Gasteiger partial charge in [-0.1, -0.05) is 74.0 Å². The van der Waals surface area contributed by atoms with E-state index in [1.54, 1.807) is 43.3 Å². The van der Waals surface area contributed by atoms with Crippen LogP contribution in [-0.4, -0.2) is 59.0 Å². The number of phenols is 1. The lowest BCUT2D eigenvalue weighted by molar-refractivity contribution is -0.149. The lowest BCUT2D eigenvalue weighted by Crippen LogP contribution is -2.55. The molecule has 4 rings (SSSR count). The highest BCUT2D eigenvalue weighted by molar-refractivity contribution is 6.36. The molecule has 0 saturated carbocycles. The van der Waals surface area contributed by atoms with Crippen LogP contribution in [0.4, 0.5) is 0 Å². The highest BCUT2D eigenvalue weighted by Gasteiger charge is 2.45. The quantitative estimate of drug-likeness (QED) is 0.121. The summed E-state index contributed by atoms with van der Waals surface area (Å²) in [5, 5.41) is 12.5. The lowest BCUT2D eigenvalue weighted by Gasteiger charge is -2.28. The van der Waals surface area contributed by atoms with Crippen molar-refractivity contribution in [3.8, 4) is 11.5 Å². The highest BCUT2D eigenvalue weighted by Crippen LogP contribution is 2.35. The van der Waals surface area contributed by atoms with Crippen LogP contribution in [0.3, 0.4) is 0 Å². The number of amides is 3. The largest absolute Gasteiger partial charge is 0.508 e. The van der Waals surface area contributed by atoms with Crippen LogP contribution in [0.2, 0.25) is 0 Å². The molecule has 2 N–H and O–H groups in total. The Bertz CT molecular complexity index is 1650. The topological polar surface area (TPSA) is 122 Å². The maximum atomic E-state index is 14.3. The smallest absolute Gasteiger partial charge is 0.328 e. The third-order valence-corrected chi connectivity index (χ3v) is 7.86. The fourth-order valence-corrected chi connectivity index (χ4v) is 5.51. The molecule has 0 bridgehead atoms. The third-order valence-electron chi connectivity index (χ3n) is 7.86. The average molecular weight is 653 g/mol. The Balaban J connectivity index is 1.69. The zero-order chi connectivity index (χ0) is 34.8. The molecule has 0 saturated heterocycles. The van der Waals surface area contributed by atoms with Crippen molar-refractivity contribution in [1.82, 2.24) is 10.2 Å². The van der Waals surface area contributed by atoms with Gasteiger partial charge in [-0.05, 0) is 80.1 Å². The number of phenolic OH excluding ortho intramolecular Hbond substituents is 1. The van der Waals surface area contributed by atoms with Gasteiger partial charge in [0.25, 0.3) is 11.8 Å². The van der Waals surface area contributed by atoms with Crippen molar-refractivity contribution in [1.29, 1.82) is 0 Å². The molecule has 1 aliphatic heterocycles. The summed E-state index contributed by atoms with van der Waals surface area (Å²) in [5.74, 6) is -1.68. The first-order chi connectivity index (χ1) is 23.0. The number of imide groups is 1. The Kier molecular flexibility index (Phi) is 12.3. The summed E-state index contributed by atoms with van der Waals surface area (Å²) in [7, 11) is 0. The van der Waals surface area contributed by atoms with Crippen LogP contribution in [-0.2, 0) is 36.8 Å². The van der Waals surface area contributed by atoms with E-state index in [2.05, 4.69) is 5.32 Å². The zero-order valence-corrected chi connectivity index (χ0v) is 28.2. The van der Waals surface area contributed by atoms with Gasteiger partial charge in [-0.25, -0.2) is 4.79 Å². The Morgan fingerprint density at radius 3 is 2.10 bits per heavy atom. The number of esters is 1. The van der Waals surface area contributed by atoms with Crippen LogP contribution in [0.1, 0.15) is 57.7 Å². The predicted octanol–water partition coefficient (Wildman–Crippen LogP) is 5.81. The molecule has 9 heteroatoms. The monoisotopic (exact) mass is 652 g/mol.